The van der Waals surface area contributed by atoms with Gasteiger partial charge in [-0.25, -0.2) is 0 Å². The minimum Gasteiger partial charge on any atom is -0.135 e. The molecule has 7 aromatic carbocycles. The molecule has 0 fully saturated rings. The van der Waals surface area contributed by atoms with Gasteiger partial charge in [0.05, 0.1) is 8.07 Å². The third-order valence-electron chi connectivity index (χ3n) is 9.07. The molecule has 0 aliphatic heterocycles. The van der Waals surface area contributed by atoms with Crippen LogP contribution in [0.15, 0.2) is 152 Å². The summed E-state index contributed by atoms with van der Waals surface area (Å²) in [5.41, 5.74) is 10.0. The standard InChI is InChI=1S/C43H34SSi/c1-45(2,3)39-23-20-30(21-24-39)29-8-10-31(11-9-29)34-16-18-37-27-35(17-19-36(37)26-34)32-12-14-33(15-13-32)38-22-25-43-41(28-38)40-6-4-5-7-42(40)44-43/h4-28H,1-3H3. The van der Waals surface area contributed by atoms with E-state index >= 15 is 0 Å². The fourth-order valence-corrected chi connectivity index (χ4v) is 8.64. The molecule has 0 bridgehead atoms. The van der Waals surface area contributed by atoms with Gasteiger partial charge >= 0.3 is 0 Å². The highest BCUT2D eigenvalue weighted by Gasteiger charge is 2.16. The normalized spacial score (nSPS) is 11.9. The van der Waals surface area contributed by atoms with Gasteiger partial charge in [0.25, 0.3) is 0 Å². The van der Waals surface area contributed by atoms with Crippen molar-refractivity contribution in [3.63, 3.8) is 0 Å². The summed E-state index contributed by atoms with van der Waals surface area (Å²) in [7, 11) is -1.28. The molecule has 2 heteroatoms. The van der Waals surface area contributed by atoms with Gasteiger partial charge in [0.2, 0.25) is 0 Å². The lowest BCUT2D eigenvalue weighted by atomic mass is 9.95. The molecular formula is C43H34SSi. The SMILES string of the molecule is C[Si](C)(C)c1ccc(-c2ccc(-c3ccc4cc(-c5ccc(-c6ccc7sc8ccccc8c7c6)cc5)ccc4c3)cc2)cc1. The average molecular weight is 611 g/mol. The van der Waals surface area contributed by atoms with E-state index in [0.29, 0.717) is 0 Å². The van der Waals surface area contributed by atoms with Gasteiger partial charge in [-0.15, -0.1) is 11.3 Å². The Balaban J connectivity index is 1.02. The lowest BCUT2D eigenvalue weighted by Crippen LogP contribution is -2.37. The molecule has 0 spiro atoms. The van der Waals surface area contributed by atoms with Crippen LogP contribution in [0.25, 0.3) is 75.5 Å². The van der Waals surface area contributed by atoms with Gasteiger partial charge < -0.3 is 0 Å². The monoisotopic (exact) mass is 610 g/mol. The number of fused-ring (bicyclic) bond motifs is 4. The van der Waals surface area contributed by atoms with Crippen LogP contribution in [0.4, 0.5) is 0 Å². The zero-order valence-corrected chi connectivity index (χ0v) is 27.7. The Morgan fingerprint density at radius 2 is 0.756 bits per heavy atom. The van der Waals surface area contributed by atoms with Gasteiger partial charge in [0.15, 0.2) is 0 Å². The zero-order chi connectivity index (χ0) is 30.5. The van der Waals surface area contributed by atoms with E-state index in [2.05, 4.69) is 171 Å². The largest absolute Gasteiger partial charge is 0.135 e. The summed E-state index contributed by atoms with van der Waals surface area (Å²) in [6.07, 6.45) is 0. The average Bonchev–Trinajstić information content (AvgIpc) is 3.46. The van der Waals surface area contributed by atoms with Crippen molar-refractivity contribution in [3.05, 3.63) is 152 Å². The van der Waals surface area contributed by atoms with Crippen LogP contribution in [0, 0.1) is 0 Å². The molecule has 0 saturated carbocycles. The van der Waals surface area contributed by atoms with Crippen LogP contribution in [-0.4, -0.2) is 8.07 Å². The minimum atomic E-state index is -1.28. The Bertz CT molecular complexity index is 2320. The molecule has 216 valence electrons. The molecule has 0 saturated heterocycles. The van der Waals surface area contributed by atoms with E-state index in [4.69, 9.17) is 0 Å². The van der Waals surface area contributed by atoms with E-state index in [-0.39, 0.29) is 0 Å². The second-order valence-corrected chi connectivity index (χ2v) is 19.2. The van der Waals surface area contributed by atoms with E-state index < -0.39 is 8.07 Å². The maximum Gasteiger partial charge on any atom is 0.0775 e. The molecule has 1 heterocycles. The van der Waals surface area contributed by atoms with Gasteiger partial charge in [0.1, 0.15) is 0 Å². The van der Waals surface area contributed by atoms with E-state index in [9.17, 15) is 0 Å². The molecular weight excluding hydrogens is 577 g/mol. The molecule has 0 nitrogen and oxygen atoms in total. The highest BCUT2D eigenvalue weighted by atomic mass is 32.1. The molecule has 1 aromatic heterocycles. The van der Waals surface area contributed by atoms with Crippen LogP contribution in [0.3, 0.4) is 0 Å². The third-order valence-corrected chi connectivity index (χ3v) is 12.3. The van der Waals surface area contributed by atoms with Gasteiger partial charge in [-0.3, -0.25) is 0 Å². The zero-order valence-electron chi connectivity index (χ0n) is 25.8. The van der Waals surface area contributed by atoms with Crippen molar-refractivity contribution >= 4 is 55.5 Å². The first kappa shape index (κ1) is 27.8. The third kappa shape index (κ3) is 5.31. The summed E-state index contributed by atoms with van der Waals surface area (Å²) < 4.78 is 2.69. The Morgan fingerprint density at radius 3 is 1.29 bits per heavy atom. The minimum absolute atomic E-state index is 1.24. The molecule has 8 rings (SSSR count). The number of hydrogen-bond acceptors (Lipinski definition) is 1. The van der Waals surface area contributed by atoms with Crippen molar-refractivity contribution in [2.45, 2.75) is 19.6 Å². The molecule has 8 aromatic rings. The predicted molar refractivity (Wildman–Crippen MR) is 202 cm³/mol. The topological polar surface area (TPSA) is 0 Å². The van der Waals surface area contributed by atoms with Crippen molar-refractivity contribution in [2.24, 2.45) is 0 Å². The Labute approximate surface area is 270 Å². The van der Waals surface area contributed by atoms with Crippen molar-refractivity contribution in [1.82, 2.24) is 0 Å². The molecule has 0 aliphatic rings. The van der Waals surface area contributed by atoms with E-state index in [1.165, 1.54) is 80.6 Å². The first-order chi connectivity index (χ1) is 21.9. The number of thiophene rings is 1. The smallest absolute Gasteiger partial charge is 0.0775 e. The quantitative estimate of drug-likeness (QED) is 0.170. The summed E-state index contributed by atoms with van der Waals surface area (Å²) in [6, 6.07) is 56.3. The maximum atomic E-state index is 2.40. The number of benzene rings is 7. The fourth-order valence-electron chi connectivity index (χ4n) is 6.38. The summed E-state index contributed by atoms with van der Waals surface area (Å²) in [6.45, 7) is 7.19. The Kier molecular flexibility index (Phi) is 6.78. The molecule has 0 atom stereocenters. The number of rotatable bonds is 5. The molecule has 0 aliphatic carbocycles. The van der Waals surface area contributed by atoms with Gasteiger partial charge in [-0.2, -0.15) is 0 Å². The van der Waals surface area contributed by atoms with E-state index in [1.54, 1.807) is 0 Å². The summed E-state index contributed by atoms with van der Waals surface area (Å²) >= 11 is 1.87. The van der Waals surface area contributed by atoms with Gasteiger partial charge in [-0.05, 0) is 85.6 Å². The van der Waals surface area contributed by atoms with Crippen molar-refractivity contribution in [1.29, 1.82) is 0 Å². The highest BCUT2D eigenvalue weighted by Crippen LogP contribution is 2.37. The van der Waals surface area contributed by atoms with Crippen molar-refractivity contribution < 1.29 is 0 Å². The summed E-state index contributed by atoms with van der Waals surface area (Å²) in [5.74, 6) is 0. The molecule has 0 N–H and O–H groups in total. The van der Waals surface area contributed by atoms with E-state index in [1.807, 2.05) is 11.3 Å². The molecule has 0 radical (unpaired) electrons. The molecule has 45 heavy (non-hydrogen) atoms. The lowest BCUT2D eigenvalue weighted by Gasteiger charge is -2.16. The maximum absolute atomic E-state index is 2.40. The second-order valence-electron chi connectivity index (χ2n) is 13.1. The Morgan fingerprint density at radius 1 is 0.356 bits per heavy atom. The van der Waals surface area contributed by atoms with Crippen molar-refractivity contribution in [3.8, 4) is 44.5 Å². The second kappa shape index (κ2) is 11.0. The van der Waals surface area contributed by atoms with Gasteiger partial charge in [-0.1, -0.05) is 146 Å². The van der Waals surface area contributed by atoms with Crippen LogP contribution in [0.5, 0.6) is 0 Å². The van der Waals surface area contributed by atoms with Crippen LogP contribution in [0.1, 0.15) is 0 Å². The molecule has 0 amide bonds. The Hall–Kier alpha value is -4.76. The van der Waals surface area contributed by atoms with Crippen LogP contribution < -0.4 is 5.19 Å². The summed E-state index contributed by atoms with van der Waals surface area (Å²) in [5, 5.41) is 6.70. The first-order valence-electron chi connectivity index (χ1n) is 15.7. The first-order valence-corrected chi connectivity index (χ1v) is 20.0. The predicted octanol–water partition coefficient (Wildman–Crippen LogP) is 12.4. The van der Waals surface area contributed by atoms with E-state index in [0.717, 1.165) is 0 Å². The van der Waals surface area contributed by atoms with Gasteiger partial charge in [0, 0.05) is 20.2 Å². The molecule has 0 unspecified atom stereocenters. The van der Waals surface area contributed by atoms with Crippen LogP contribution in [-0.2, 0) is 0 Å². The van der Waals surface area contributed by atoms with Crippen molar-refractivity contribution in [2.75, 3.05) is 0 Å². The van der Waals surface area contributed by atoms with Crippen LogP contribution >= 0.6 is 11.3 Å². The number of hydrogen-bond donors (Lipinski definition) is 0. The fraction of sp³-hybridized carbons (Fsp3) is 0.0698. The lowest BCUT2D eigenvalue weighted by molar-refractivity contribution is 1.59. The van der Waals surface area contributed by atoms with Crippen LogP contribution in [0.2, 0.25) is 19.6 Å². The highest BCUT2D eigenvalue weighted by molar-refractivity contribution is 7.25. The summed E-state index contributed by atoms with van der Waals surface area (Å²) in [4.78, 5) is 0.